The first-order valence-electron chi connectivity index (χ1n) is 6.47. The van der Waals surface area contributed by atoms with E-state index in [1.165, 1.54) is 38.2 Å². The normalized spacial score (nSPS) is 10.9. The molecule has 0 atom stereocenters. The lowest BCUT2D eigenvalue weighted by molar-refractivity contribution is -0.121. The summed E-state index contributed by atoms with van der Waals surface area (Å²) in [5, 5.41) is 11.4. The van der Waals surface area contributed by atoms with Crippen molar-refractivity contribution in [1.82, 2.24) is 4.98 Å². The summed E-state index contributed by atoms with van der Waals surface area (Å²) in [6.45, 7) is 2.98. The van der Waals surface area contributed by atoms with Gasteiger partial charge in [0.1, 0.15) is 22.9 Å². The number of benzene rings is 1. The minimum atomic E-state index is -1.17. The van der Waals surface area contributed by atoms with Crippen molar-refractivity contribution in [1.29, 1.82) is 5.26 Å². The number of carbonyl (C=O) groups excluding carboxylic acids is 1. The van der Waals surface area contributed by atoms with E-state index < -0.39 is 23.0 Å². The molecular weight excluding hydrogens is 288 g/mol. The maximum absolute atomic E-state index is 13.2. The first-order chi connectivity index (χ1) is 10.3. The molecule has 0 spiro atoms. The number of rotatable bonds is 3. The highest BCUT2D eigenvalue weighted by Gasteiger charge is 2.27. The second-order valence-electron chi connectivity index (χ2n) is 5.28. The number of hydrogen-bond acceptors (Lipinski definition) is 3. The van der Waals surface area contributed by atoms with Gasteiger partial charge in [0.2, 0.25) is 5.91 Å². The quantitative estimate of drug-likeness (QED) is 0.943. The Morgan fingerprint density at radius 1 is 1.18 bits per heavy atom. The van der Waals surface area contributed by atoms with Crippen molar-refractivity contribution in [2.45, 2.75) is 13.8 Å². The monoisotopic (exact) mass is 301 g/mol. The number of nitriles is 1. The van der Waals surface area contributed by atoms with Gasteiger partial charge in [0.15, 0.2) is 0 Å². The van der Waals surface area contributed by atoms with Crippen molar-refractivity contribution in [2.75, 3.05) is 5.32 Å². The van der Waals surface area contributed by atoms with Crippen molar-refractivity contribution in [3.8, 4) is 17.2 Å². The van der Waals surface area contributed by atoms with E-state index in [9.17, 15) is 13.6 Å². The summed E-state index contributed by atoms with van der Waals surface area (Å²) in [7, 11) is 0. The van der Waals surface area contributed by atoms with E-state index in [-0.39, 0.29) is 5.82 Å². The summed E-state index contributed by atoms with van der Waals surface area (Å²) in [6.07, 6.45) is 1.39. The molecule has 0 saturated carbocycles. The van der Waals surface area contributed by atoms with Gasteiger partial charge in [0, 0.05) is 17.8 Å². The van der Waals surface area contributed by atoms with Crippen LogP contribution in [-0.4, -0.2) is 10.9 Å². The fourth-order valence-electron chi connectivity index (χ4n) is 1.68. The number of nitrogens with one attached hydrogen (secondary N) is 1. The average Bonchev–Trinajstić information content (AvgIpc) is 2.47. The molecule has 6 heteroatoms. The Hall–Kier alpha value is -2.81. The molecule has 1 N–H and O–H groups in total. The van der Waals surface area contributed by atoms with Crippen LogP contribution in [0.25, 0.3) is 11.1 Å². The summed E-state index contributed by atoms with van der Waals surface area (Å²) < 4.78 is 26.4. The van der Waals surface area contributed by atoms with Gasteiger partial charge in [-0.05, 0) is 43.7 Å². The molecule has 1 amide bonds. The van der Waals surface area contributed by atoms with Crippen LogP contribution in [0.1, 0.15) is 13.8 Å². The first kappa shape index (κ1) is 15.6. The Balaban J connectivity index is 2.21. The molecule has 0 aliphatic carbocycles. The maximum atomic E-state index is 13.2. The second-order valence-corrected chi connectivity index (χ2v) is 5.28. The minimum Gasteiger partial charge on any atom is -0.309 e. The van der Waals surface area contributed by atoms with Gasteiger partial charge in [0.25, 0.3) is 0 Å². The Labute approximate surface area is 126 Å². The van der Waals surface area contributed by atoms with Gasteiger partial charge in [-0.3, -0.25) is 4.79 Å². The van der Waals surface area contributed by atoms with E-state index in [0.29, 0.717) is 11.1 Å². The second kappa shape index (κ2) is 5.90. The van der Waals surface area contributed by atoms with E-state index in [1.807, 2.05) is 6.07 Å². The van der Waals surface area contributed by atoms with Crippen LogP contribution >= 0.6 is 0 Å². The van der Waals surface area contributed by atoms with Crippen molar-refractivity contribution < 1.29 is 13.6 Å². The van der Waals surface area contributed by atoms with Crippen molar-refractivity contribution >= 4 is 11.7 Å². The topological polar surface area (TPSA) is 65.8 Å². The van der Waals surface area contributed by atoms with Crippen molar-refractivity contribution in [3.63, 3.8) is 0 Å². The largest absolute Gasteiger partial charge is 0.309 e. The van der Waals surface area contributed by atoms with Crippen LogP contribution < -0.4 is 5.32 Å². The fourth-order valence-corrected chi connectivity index (χ4v) is 1.68. The lowest BCUT2D eigenvalue weighted by Gasteiger charge is -2.14. The smallest absolute Gasteiger partial charge is 0.245 e. The van der Waals surface area contributed by atoms with Crippen LogP contribution in [0.15, 0.2) is 36.5 Å². The van der Waals surface area contributed by atoms with Crippen LogP contribution in [0.2, 0.25) is 0 Å². The third-order valence-corrected chi connectivity index (χ3v) is 3.05. The van der Waals surface area contributed by atoms with E-state index >= 15 is 0 Å². The standard InChI is InChI=1S/C16H13F2N3O/c1-16(2,9-19)15(22)21-14-4-3-10(8-20-14)11-5-12(17)7-13(18)6-11/h3-8H,1-2H3,(H,20,21,22). The molecule has 0 unspecified atom stereocenters. The zero-order chi connectivity index (χ0) is 16.3. The lowest BCUT2D eigenvalue weighted by Crippen LogP contribution is -2.29. The summed E-state index contributed by atoms with van der Waals surface area (Å²) in [5.41, 5.74) is -0.317. The van der Waals surface area contributed by atoms with Gasteiger partial charge in [-0.2, -0.15) is 5.26 Å². The van der Waals surface area contributed by atoms with Gasteiger partial charge in [-0.25, -0.2) is 13.8 Å². The number of halogens is 2. The Kier molecular flexibility index (Phi) is 4.18. The molecule has 4 nitrogen and oxygen atoms in total. The number of hydrogen-bond donors (Lipinski definition) is 1. The number of anilines is 1. The van der Waals surface area contributed by atoms with Gasteiger partial charge in [-0.1, -0.05) is 0 Å². The van der Waals surface area contributed by atoms with Crippen LogP contribution in [0.3, 0.4) is 0 Å². The summed E-state index contributed by atoms with van der Waals surface area (Å²) in [4.78, 5) is 15.9. The molecule has 2 aromatic rings. The predicted molar refractivity (Wildman–Crippen MR) is 77.6 cm³/mol. The van der Waals surface area contributed by atoms with E-state index in [2.05, 4.69) is 10.3 Å². The third-order valence-electron chi connectivity index (χ3n) is 3.05. The predicted octanol–water partition coefficient (Wildman–Crippen LogP) is 3.52. The SMILES string of the molecule is CC(C)(C#N)C(=O)Nc1ccc(-c2cc(F)cc(F)c2)cn1. The summed E-state index contributed by atoms with van der Waals surface area (Å²) in [6, 6.07) is 8.14. The number of aromatic nitrogens is 1. The molecule has 0 fully saturated rings. The molecule has 22 heavy (non-hydrogen) atoms. The van der Waals surface area contributed by atoms with Gasteiger partial charge in [0.05, 0.1) is 6.07 Å². The first-order valence-corrected chi connectivity index (χ1v) is 6.47. The van der Waals surface area contributed by atoms with E-state index in [4.69, 9.17) is 5.26 Å². The van der Waals surface area contributed by atoms with Crippen LogP contribution in [0, 0.1) is 28.4 Å². The van der Waals surface area contributed by atoms with Crippen LogP contribution in [0.5, 0.6) is 0 Å². The summed E-state index contributed by atoms with van der Waals surface area (Å²) in [5.74, 6) is -1.58. The summed E-state index contributed by atoms with van der Waals surface area (Å²) >= 11 is 0. The van der Waals surface area contributed by atoms with Crippen molar-refractivity contribution in [3.05, 3.63) is 48.2 Å². The molecule has 0 saturated heterocycles. The van der Waals surface area contributed by atoms with Gasteiger partial charge < -0.3 is 5.32 Å². The lowest BCUT2D eigenvalue weighted by atomic mass is 9.95. The molecular formula is C16H13F2N3O. The molecule has 1 aromatic heterocycles. The molecule has 0 bridgehead atoms. The Morgan fingerprint density at radius 2 is 1.82 bits per heavy atom. The fraction of sp³-hybridized carbons (Fsp3) is 0.188. The molecule has 0 aliphatic rings. The zero-order valence-corrected chi connectivity index (χ0v) is 12.0. The van der Waals surface area contributed by atoms with Crippen LogP contribution in [-0.2, 0) is 4.79 Å². The average molecular weight is 301 g/mol. The highest BCUT2D eigenvalue weighted by Crippen LogP contribution is 2.22. The highest BCUT2D eigenvalue weighted by molar-refractivity contribution is 5.95. The molecule has 1 aromatic carbocycles. The number of carbonyl (C=O) groups is 1. The number of nitrogens with zero attached hydrogens (tertiary/aromatic N) is 2. The molecule has 0 radical (unpaired) electrons. The minimum absolute atomic E-state index is 0.258. The van der Waals surface area contributed by atoms with Gasteiger partial charge >= 0.3 is 0 Å². The third kappa shape index (κ3) is 3.44. The maximum Gasteiger partial charge on any atom is 0.245 e. The Morgan fingerprint density at radius 3 is 2.32 bits per heavy atom. The number of pyridine rings is 1. The van der Waals surface area contributed by atoms with Gasteiger partial charge in [-0.15, -0.1) is 0 Å². The molecule has 112 valence electrons. The van der Waals surface area contributed by atoms with Crippen LogP contribution in [0.4, 0.5) is 14.6 Å². The zero-order valence-electron chi connectivity index (χ0n) is 12.0. The molecule has 1 heterocycles. The number of amides is 1. The molecule has 2 rings (SSSR count). The van der Waals surface area contributed by atoms with E-state index in [0.717, 1.165) is 6.07 Å². The Bertz CT molecular complexity index is 729. The highest BCUT2D eigenvalue weighted by atomic mass is 19.1. The van der Waals surface area contributed by atoms with Crippen molar-refractivity contribution in [2.24, 2.45) is 5.41 Å². The van der Waals surface area contributed by atoms with E-state index in [1.54, 1.807) is 6.07 Å². The molecule has 0 aliphatic heterocycles.